The van der Waals surface area contributed by atoms with Crippen molar-refractivity contribution in [2.75, 3.05) is 5.32 Å². The molecule has 0 radical (unpaired) electrons. The van der Waals surface area contributed by atoms with Crippen molar-refractivity contribution in [2.45, 2.75) is 20.4 Å². The van der Waals surface area contributed by atoms with E-state index in [9.17, 15) is 0 Å². The second kappa shape index (κ2) is 4.79. The molecule has 0 bridgehead atoms. The van der Waals surface area contributed by atoms with Gasteiger partial charge in [0.15, 0.2) is 0 Å². The molecule has 0 aliphatic carbocycles. The largest absolute Gasteiger partial charge is 0.366 e. The first-order valence-corrected chi connectivity index (χ1v) is 5.48. The van der Waals surface area contributed by atoms with Crippen LogP contribution in [-0.4, -0.2) is 4.98 Å². The van der Waals surface area contributed by atoms with Gasteiger partial charge < -0.3 is 5.32 Å². The minimum absolute atomic E-state index is 0.823. The third-order valence-corrected chi connectivity index (χ3v) is 2.61. The van der Waals surface area contributed by atoms with E-state index in [1.807, 2.05) is 25.1 Å². The summed E-state index contributed by atoms with van der Waals surface area (Å²) in [7, 11) is 0. The zero-order chi connectivity index (χ0) is 11.4. The van der Waals surface area contributed by atoms with Gasteiger partial charge in [-0.3, -0.25) is 0 Å². The van der Waals surface area contributed by atoms with Crippen molar-refractivity contribution in [2.24, 2.45) is 0 Å². The van der Waals surface area contributed by atoms with Crippen molar-refractivity contribution >= 4 is 5.82 Å². The lowest BCUT2D eigenvalue weighted by Gasteiger charge is -2.08. The standard InChI is InChI=1S/C14H16N2/c1-11-6-3-4-8-13(11)10-15-14-9-5-7-12(2)16-14/h3-9H,10H2,1-2H3,(H,15,16). The Hall–Kier alpha value is -1.83. The quantitative estimate of drug-likeness (QED) is 0.844. The van der Waals surface area contributed by atoms with Crippen molar-refractivity contribution in [1.29, 1.82) is 0 Å². The predicted octanol–water partition coefficient (Wildman–Crippen LogP) is 3.31. The molecule has 1 N–H and O–H groups in total. The maximum absolute atomic E-state index is 4.41. The highest BCUT2D eigenvalue weighted by molar-refractivity contribution is 5.37. The van der Waals surface area contributed by atoms with Crippen molar-refractivity contribution in [3.8, 4) is 0 Å². The number of rotatable bonds is 3. The van der Waals surface area contributed by atoms with Gasteiger partial charge in [-0.15, -0.1) is 0 Å². The van der Waals surface area contributed by atoms with Crippen LogP contribution in [0.25, 0.3) is 0 Å². The normalized spacial score (nSPS) is 10.1. The monoisotopic (exact) mass is 212 g/mol. The fourth-order valence-electron chi connectivity index (χ4n) is 1.64. The van der Waals surface area contributed by atoms with Crippen molar-refractivity contribution in [1.82, 2.24) is 4.98 Å². The van der Waals surface area contributed by atoms with Crippen LogP contribution in [0.1, 0.15) is 16.8 Å². The molecule has 16 heavy (non-hydrogen) atoms. The summed E-state index contributed by atoms with van der Waals surface area (Å²) in [5.74, 6) is 0.934. The Balaban J connectivity index is 2.05. The summed E-state index contributed by atoms with van der Waals surface area (Å²) >= 11 is 0. The van der Waals surface area contributed by atoms with E-state index in [2.05, 4.69) is 41.5 Å². The molecule has 0 atom stereocenters. The van der Waals surface area contributed by atoms with E-state index >= 15 is 0 Å². The summed E-state index contributed by atoms with van der Waals surface area (Å²) < 4.78 is 0. The van der Waals surface area contributed by atoms with Gasteiger partial charge in [0.25, 0.3) is 0 Å². The van der Waals surface area contributed by atoms with E-state index < -0.39 is 0 Å². The number of hydrogen-bond acceptors (Lipinski definition) is 2. The summed E-state index contributed by atoms with van der Waals surface area (Å²) in [6.07, 6.45) is 0. The number of benzene rings is 1. The van der Waals surface area contributed by atoms with Gasteiger partial charge in [0, 0.05) is 12.2 Å². The summed E-state index contributed by atoms with van der Waals surface area (Å²) in [4.78, 5) is 4.41. The van der Waals surface area contributed by atoms with Gasteiger partial charge in [0.2, 0.25) is 0 Å². The van der Waals surface area contributed by atoms with Crippen LogP contribution < -0.4 is 5.32 Å². The number of aryl methyl sites for hydroxylation is 2. The molecule has 0 fully saturated rings. The Kier molecular flexibility index (Phi) is 3.20. The molecular weight excluding hydrogens is 196 g/mol. The van der Waals surface area contributed by atoms with Gasteiger partial charge in [-0.05, 0) is 37.1 Å². The van der Waals surface area contributed by atoms with E-state index in [1.165, 1.54) is 11.1 Å². The maximum Gasteiger partial charge on any atom is 0.126 e. The first kappa shape index (κ1) is 10.7. The third-order valence-electron chi connectivity index (χ3n) is 2.61. The lowest BCUT2D eigenvalue weighted by Crippen LogP contribution is -2.03. The predicted molar refractivity (Wildman–Crippen MR) is 67.5 cm³/mol. The summed E-state index contributed by atoms with van der Waals surface area (Å²) in [6, 6.07) is 14.4. The highest BCUT2D eigenvalue weighted by atomic mass is 15.0. The lowest BCUT2D eigenvalue weighted by atomic mass is 10.1. The minimum atomic E-state index is 0.823. The van der Waals surface area contributed by atoms with Gasteiger partial charge in [-0.2, -0.15) is 0 Å². The minimum Gasteiger partial charge on any atom is -0.366 e. The first-order valence-electron chi connectivity index (χ1n) is 5.48. The SMILES string of the molecule is Cc1cccc(NCc2ccccc2C)n1. The average molecular weight is 212 g/mol. The van der Waals surface area contributed by atoms with E-state index in [1.54, 1.807) is 0 Å². The van der Waals surface area contributed by atoms with Gasteiger partial charge >= 0.3 is 0 Å². The van der Waals surface area contributed by atoms with Crippen LogP contribution in [0.5, 0.6) is 0 Å². The fourth-order valence-corrected chi connectivity index (χ4v) is 1.64. The maximum atomic E-state index is 4.41. The molecule has 2 aromatic rings. The van der Waals surface area contributed by atoms with Gasteiger partial charge in [0.05, 0.1) is 0 Å². The second-order valence-electron chi connectivity index (χ2n) is 3.94. The van der Waals surface area contributed by atoms with Gasteiger partial charge in [-0.25, -0.2) is 4.98 Å². The fraction of sp³-hybridized carbons (Fsp3) is 0.214. The van der Waals surface area contributed by atoms with Crippen LogP contribution >= 0.6 is 0 Å². The topological polar surface area (TPSA) is 24.9 Å². The van der Waals surface area contributed by atoms with Crippen LogP contribution in [0.15, 0.2) is 42.5 Å². The molecule has 0 spiro atoms. The number of aromatic nitrogens is 1. The summed E-state index contributed by atoms with van der Waals surface area (Å²) in [5.41, 5.74) is 3.66. The Bertz CT molecular complexity index is 478. The van der Waals surface area contributed by atoms with Gasteiger partial charge in [-0.1, -0.05) is 30.3 Å². The molecule has 2 rings (SSSR count). The highest BCUT2D eigenvalue weighted by Gasteiger charge is 1.97. The molecule has 0 aliphatic heterocycles. The zero-order valence-corrected chi connectivity index (χ0v) is 9.70. The van der Waals surface area contributed by atoms with Crippen molar-refractivity contribution in [3.63, 3.8) is 0 Å². The molecule has 1 heterocycles. The van der Waals surface area contributed by atoms with Crippen LogP contribution in [-0.2, 0) is 6.54 Å². The van der Waals surface area contributed by atoms with E-state index in [0.717, 1.165) is 18.1 Å². The number of nitrogens with one attached hydrogen (secondary N) is 1. The average Bonchev–Trinajstić information content (AvgIpc) is 2.28. The number of hydrogen-bond donors (Lipinski definition) is 1. The van der Waals surface area contributed by atoms with Gasteiger partial charge in [0.1, 0.15) is 5.82 Å². The van der Waals surface area contributed by atoms with Crippen LogP contribution in [0.2, 0.25) is 0 Å². The zero-order valence-electron chi connectivity index (χ0n) is 9.70. The van der Waals surface area contributed by atoms with Crippen LogP contribution in [0.3, 0.4) is 0 Å². The highest BCUT2D eigenvalue weighted by Crippen LogP contribution is 2.10. The molecule has 0 amide bonds. The molecule has 2 nitrogen and oxygen atoms in total. The number of anilines is 1. The second-order valence-corrected chi connectivity index (χ2v) is 3.94. The summed E-state index contributed by atoms with van der Waals surface area (Å²) in [6.45, 7) is 4.95. The van der Waals surface area contributed by atoms with Crippen molar-refractivity contribution < 1.29 is 0 Å². The molecule has 82 valence electrons. The number of nitrogens with zero attached hydrogens (tertiary/aromatic N) is 1. The molecule has 2 heteroatoms. The molecule has 1 aromatic carbocycles. The Labute approximate surface area is 96.4 Å². The molecule has 0 saturated heterocycles. The smallest absolute Gasteiger partial charge is 0.126 e. The van der Waals surface area contributed by atoms with Crippen LogP contribution in [0.4, 0.5) is 5.82 Å². The van der Waals surface area contributed by atoms with Crippen LogP contribution in [0, 0.1) is 13.8 Å². The number of pyridine rings is 1. The first-order chi connectivity index (χ1) is 7.75. The molecule has 1 aromatic heterocycles. The third kappa shape index (κ3) is 2.60. The Morgan fingerprint density at radius 2 is 1.81 bits per heavy atom. The van der Waals surface area contributed by atoms with E-state index in [4.69, 9.17) is 0 Å². The molecular formula is C14H16N2. The molecule has 0 aliphatic rings. The lowest BCUT2D eigenvalue weighted by molar-refractivity contribution is 1.07. The Morgan fingerprint density at radius 3 is 2.56 bits per heavy atom. The van der Waals surface area contributed by atoms with E-state index in [0.29, 0.717) is 0 Å². The summed E-state index contributed by atoms with van der Waals surface area (Å²) in [5, 5.41) is 3.33. The van der Waals surface area contributed by atoms with Crippen molar-refractivity contribution in [3.05, 3.63) is 59.3 Å². The Morgan fingerprint density at radius 1 is 1.00 bits per heavy atom. The molecule has 0 saturated carbocycles. The molecule has 0 unspecified atom stereocenters. The van der Waals surface area contributed by atoms with E-state index in [-0.39, 0.29) is 0 Å².